The quantitative estimate of drug-likeness (QED) is 0.451. The molecule has 2 aromatic carbocycles. The van der Waals surface area contributed by atoms with Gasteiger partial charge in [0, 0.05) is 31.9 Å². The molecule has 20 heavy (non-hydrogen) atoms. The van der Waals surface area contributed by atoms with Crippen molar-refractivity contribution in [3.8, 4) is 11.3 Å². The highest BCUT2D eigenvalue weighted by Gasteiger charge is 2.07. The molecule has 4 rings (SSSR count). The Morgan fingerprint density at radius 2 is 1.65 bits per heavy atom. The van der Waals surface area contributed by atoms with Gasteiger partial charge in [0.1, 0.15) is 0 Å². The van der Waals surface area contributed by atoms with Gasteiger partial charge in [-0.2, -0.15) is 0 Å². The van der Waals surface area contributed by atoms with Crippen LogP contribution in [0.3, 0.4) is 0 Å². The molecule has 0 atom stereocenters. The smallest absolute Gasteiger partial charge is 0.0716 e. The van der Waals surface area contributed by atoms with E-state index in [0.717, 1.165) is 5.69 Å². The monoisotopic (exact) mass is 275 g/mol. The zero-order chi connectivity index (χ0) is 13.5. The first-order valence-corrected chi connectivity index (χ1v) is 7.47. The number of fused-ring (bicyclic) bond motifs is 3. The lowest BCUT2D eigenvalue weighted by Gasteiger charge is -2.00. The number of benzene rings is 2. The molecule has 0 aliphatic heterocycles. The van der Waals surface area contributed by atoms with E-state index in [9.17, 15) is 0 Å². The van der Waals surface area contributed by atoms with Crippen LogP contribution in [0.5, 0.6) is 0 Å². The van der Waals surface area contributed by atoms with E-state index in [1.807, 2.05) is 23.6 Å². The largest absolute Gasteiger partial charge is 0.256 e. The van der Waals surface area contributed by atoms with Crippen LogP contribution < -0.4 is 0 Å². The van der Waals surface area contributed by atoms with Crippen molar-refractivity contribution >= 4 is 31.5 Å². The number of aryl methyl sites for hydroxylation is 1. The Morgan fingerprint density at radius 1 is 0.850 bits per heavy atom. The molecule has 0 aliphatic carbocycles. The average Bonchev–Trinajstić information content (AvgIpc) is 2.84. The summed E-state index contributed by atoms with van der Waals surface area (Å²) >= 11 is 1.84. The van der Waals surface area contributed by atoms with Gasteiger partial charge in [0.25, 0.3) is 0 Å². The molecule has 0 bridgehead atoms. The molecule has 0 spiro atoms. The number of pyridine rings is 1. The van der Waals surface area contributed by atoms with Crippen LogP contribution in [0.25, 0.3) is 31.4 Å². The molecule has 0 radical (unpaired) electrons. The predicted octanol–water partition coefficient (Wildman–Crippen LogP) is 5.42. The van der Waals surface area contributed by atoms with E-state index in [4.69, 9.17) is 0 Å². The lowest BCUT2D eigenvalue weighted by Crippen LogP contribution is -1.81. The predicted molar refractivity (Wildman–Crippen MR) is 87.3 cm³/mol. The van der Waals surface area contributed by atoms with E-state index in [1.54, 1.807) is 0 Å². The molecule has 0 aliphatic rings. The second-order valence-electron chi connectivity index (χ2n) is 5.03. The van der Waals surface area contributed by atoms with E-state index >= 15 is 0 Å². The Labute approximate surface area is 121 Å². The summed E-state index contributed by atoms with van der Waals surface area (Å²) in [5.74, 6) is 0. The molecule has 0 unspecified atom stereocenters. The third-order valence-corrected chi connectivity index (χ3v) is 4.70. The molecular weight excluding hydrogens is 262 g/mol. The summed E-state index contributed by atoms with van der Waals surface area (Å²) in [7, 11) is 0. The molecule has 0 N–H and O–H groups in total. The Hall–Kier alpha value is -2.19. The molecule has 0 amide bonds. The summed E-state index contributed by atoms with van der Waals surface area (Å²) in [6.07, 6.45) is 2.01. The summed E-state index contributed by atoms with van der Waals surface area (Å²) in [6, 6.07) is 19.2. The van der Waals surface area contributed by atoms with Gasteiger partial charge in [0.2, 0.25) is 0 Å². The van der Waals surface area contributed by atoms with Crippen molar-refractivity contribution in [1.29, 1.82) is 0 Å². The Balaban J connectivity index is 1.98. The van der Waals surface area contributed by atoms with Crippen LogP contribution in [0, 0.1) is 6.92 Å². The molecule has 1 nitrogen and oxygen atoms in total. The molecule has 4 aromatic rings. The molecule has 0 saturated heterocycles. The van der Waals surface area contributed by atoms with E-state index in [0.29, 0.717) is 0 Å². The van der Waals surface area contributed by atoms with Gasteiger partial charge in [-0.3, -0.25) is 4.98 Å². The van der Waals surface area contributed by atoms with Crippen LogP contribution in [-0.2, 0) is 0 Å². The van der Waals surface area contributed by atoms with E-state index < -0.39 is 0 Å². The lowest BCUT2D eigenvalue weighted by atomic mass is 10.1. The number of hydrogen-bond acceptors (Lipinski definition) is 2. The molecule has 2 heteroatoms. The SMILES string of the molecule is Cc1ccc2c(c1)sc1cc(-c3ccccc3)ncc12. The maximum atomic E-state index is 4.63. The molecular formula is C18H13NS. The van der Waals surface area contributed by atoms with Crippen molar-refractivity contribution < 1.29 is 0 Å². The van der Waals surface area contributed by atoms with Crippen molar-refractivity contribution in [2.24, 2.45) is 0 Å². The fourth-order valence-electron chi connectivity index (χ4n) is 2.55. The third kappa shape index (κ3) is 1.81. The first kappa shape index (κ1) is 11.6. The number of thiophene rings is 1. The van der Waals surface area contributed by atoms with Gasteiger partial charge in [-0.05, 0) is 24.6 Å². The van der Waals surface area contributed by atoms with E-state index in [-0.39, 0.29) is 0 Å². The van der Waals surface area contributed by atoms with E-state index in [1.165, 1.54) is 31.3 Å². The van der Waals surface area contributed by atoms with Crippen molar-refractivity contribution in [1.82, 2.24) is 4.98 Å². The zero-order valence-electron chi connectivity index (χ0n) is 11.1. The summed E-state index contributed by atoms with van der Waals surface area (Å²) in [5.41, 5.74) is 3.52. The normalized spacial score (nSPS) is 11.2. The minimum Gasteiger partial charge on any atom is -0.256 e. The zero-order valence-corrected chi connectivity index (χ0v) is 11.9. The van der Waals surface area contributed by atoms with Crippen molar-refractivity contribution in [2.45, 2.75) is 6.92 Å². The highest BCUT2D eigenvalue weighted by molar-refractivity contribution is 7.25. The lowest BCUT2D eigenvalue weighted by molar-refractivity contribution is 1.36. The molecule has 2 heterocycles. The Kier molecular flexibility index (Phi) is 2.57. The van der Waals surface area contributed by atoms with Gasteiger partial charge in [-0.15, -0.1) is 11.3 Å². The summed E-state index contributed by atoms with van der Waals surface area (Å²) < 4.78 is 2.64. The van der Waals surface area contributed by atoms with Crippen LogP contribution in [0.15, 0.2) is 60.8 Å². The standard InChI is InChI=1S/C18H13NS/c1-12-7-8-14-15-11-19-16(13-5-3-2-4-6-13)10-18(15)20-17(14)9-12/h2-11H,1H3. The Morgan fingerprint density at radius 3 is 2.50 bits per heavy atom. The van der Waals surface area contributed by atoms with Gasteiger partial charge < -0.3 is 0 Å². The minimum absolute atomic E-state index is 1.04. The second kappa shape index (κ2) is 4.43. The maximum absolute atomic E-state index is 4.63. The van der Waals surface area contributed by atoms with Gasteiger partial charge in [0.15, 0.2) is 0 Å². The topological polar surface area (TPSA) is 12.9 Å². The number of rotatable bonds is 1. The van der Waals surface area contributed by atoms with Crippen molar-refractivity contribution in [2.75, 3.05) is 0 Å². The molecule has 2 aromatic heterocycles. The van der Waals surface area contributed by atoms with Gasteiger partial charge in [-0.1, -0.05) is 42.5 Å². The third-order valence-electron chi connectivity index (χ3n) is 3.58. The highest BCUT2D eigenvalue weighted by Crippen LogP contribution is 2.35. The van der Waals surface area contributed by atoms with E-state index in [2.05, 4.69) is 60.4 Å². The second-order valence-corrected chi connectivity index (χ2v) is 6.12. The van der Waals surface area contributed by atoms with Crippen LogP contribution in [0.2, 0.25) is 0 Å². The maximum Gasteiger partial charge on any atom is 0.0716 e. The van der Waals surface area contributed by atoms with Gasteiger partial charge in [0.05, 0.1) is 5.69 Å². The molecule has 0 fully saturated rings. The van der Waals surface area contributed by atoms with Crippen molar-refractivity contribution in [3.63, 3.8) is 0 Å². The fourth-order valence-corrected chi connectivity index (χ4v) is 3.76. The summed E-state index contributed by atoms with van der Waals surface area (Å²) in [5, 5.41) is 2.56. The van der Waals surface area contributed by atoms with Gasteiger partial charge in [-0.25, -0.2) is 0 Å². The summed E-state index contributed by atoms with van der Waals surface area (Å²) in [6.45, 7) is 2.14. The molecule has 0 saturated carbocycles. The summed E-state index contributed by atoms with van der Waals surface area (Å²) in [4.78, 5) is 4.63. The number of nitrogens with zero attached hydrogens (tertiary/aromatic N) is 1. The number of aromatic nitrogens is 1. The van der Waals surface area contributed by atoms with Gasteiger partial charge >= 0.3 is 0 Å². The van der Waals surface area contributed by atoms with Crippen LogP contribution in [0.4, 0.5) is 0 Å². The van der Waals surface area contributed by atoms with Crippen LogP contribution in [-0.4, -0.2) is 4.98 Å². The Bertz CT molecular complexity index is 907. The fraction of sp³-hybridized carbons (Fsp3) is 0.0556. The van der Waals surface area contributed by atoms with Crippen LogP contribution in [0.1, 0.15) is 5.56 Å². The average molecular weight is 275 g/mol. The first-order valence-electron chi connectivity index (χ1n) is 6.65. The first-order chi connectivity index (χ1) is 9.81. The van der Waals surface area contributed by atoms with Crippen LogP contribution >= 0.6 is 11.3 Å². The number of hydrogen-bond donors (Lipinski definition) is 0. The highest BCUT2D eigenvalue weighted by atomic mass is 32.1. The van der Waals surface area contributed by atoms with Crippen molar-refractivity contribution in [3.05, 3.63) is 66.4 Å². The minimum atomic E-state index is 1.04. The molecule has 96 valence electrons.